The van der Waals surface area contributed by atoms with Gasteiger partial charge in [-0.2, -0.15) is 15.0 Å². The fourth-order valence-electron chi connectivity index (χ4n) is 1.37. The molecule has 0 aliphatic rings. The molecule has 2 aromatic rings. The van der Waals surface area contributed by atoms with Crippen LogP contribution in [0.15, 0.2) is 16.6 Å². The van der Waals surface area contributed by atoms with Crippen molar-refractivity contribution in [2.75, 3.05) is 11.9 Å². The molecule has 0 unspecified atom stereocenters. The van der Waals surface area contributed by atoms with E-state index in [1.165, 1.54) is 6.07 Å². The summed E-state index contributed by atoms with van der Waals surface area (Å²) < 4.78 is 19.3. The van der Waals surface area contributed by atoms with Gasteiger partial charge >= 0.3 is 6.01 Å². The lowest BCUT2D eigenvalue weighted by Gasteiger charge is -2.09. The van der Waals surface area contributed by atoms with Crippen molar-refractivity contribution in [1.82, 2.24) is 15.0 Å². The number of ether oxygens (including phenoxy) is 1. The molecule has 0 fully saturated rings. The number of hydrogen-bond donors (Lipinski definition) is 1. The van der Waals surface area contributed by atoms with Crippen LogP contribution in [-0.4, -0.2) is 21.5 Å². The smallest absolute Gasteiger partial charge is 0.328 e. The summed E-state index contributed by atoms with van der Waals surface area (Å²) in [6, 6.07) is 2.46. The number of nitrogens with one attached hydrogen (secondary N) is 1. The van der Waals surface area contributed by atoms with Crippen LogP contribution in [-0.2, 0) is 0 Å². The number of benzene rings is 1. The summed E-state index contributed by atoms with van der Waals surface area (Å²) in [5.74, 6) is -0.141. The van der Waals surface area contributed by atoms with Crippen LogP contribution in [0.5, 0.6) is 11.8 Å². The standard InChI is InChI=1S/C12H10BrCl2FN4O/c1-2-3-17-11-18-10(15)19-12(20-11)21-9-5-8(16)7(14)4-6(9)13/h4-5H,2-3H2,1H3,(H,17,18,19,20). The summed E-state index contributed by atoms with van der Waals surface area (Å²) in [6.45, 7) is 2.68. The maximum Gasteiger partial charge on any atom is 0.328 e. The Balaban J connectivity index is 2.27. The Morgan fingerprint density at radius 3 is 2.76 bits per heavy atom. The molecule has 0 bridgehead atoms. The summed E-state index contributed by atoms with van der Waals surface area (Å²) in [5, 5.41) is 2.92. The van der Waals surface area contributed by atoms with E-state index >= 15 is 0 Å². The predicted octanol–water partition coefficient (Wildman–Crippen LogP) is 4.69. The van der Waals surface area contributed by atoms with Crippen LogP contribution in [0.1, 0.15) is 13.3 Å². The molecule has 5 nitrogen and oxygen atoms in total. The lowest BCUT2D eigenvalue weighted by Crippen LogP contribution is -2.06. The molecule has 2 rings (SSSR count). The van der Waals surface area contributed by atoms with E-state index in [9.17, 15) is 4.39 Å². The molecule has 112 valence electrons. The van der Waals surface area contributed by atoms with Gasteiger partial charge in [-0.15, -0.1) is 0 Å². The summed E-state index contributed by atoms with van der Waals surface area (Å²) in [7, 11) is 0. The molecule has 0 aliphatic carbocycles. The Labute approximate surface area is 139 Å². The minimum absolute atomic E-state index is 0.0202. The molecule has 0 saturated heterocycles. The van der Waals surface area contributed by atoms with Crippen LogP contribution in [0.3, 0.4) is 0 Å². The van der Waals surface area contributed by atoms with Crippen LogP contribution < -0.4 is 10.1 Å². The van der Waals surface area contributed by atoms with E-state index in [0.717, 1.165) is 12.5 Å². The minimum Gasteiger partial charge on any atom is -0.423 e. The molecule has 1 aromatic heterocycles. The number of anilines is 1. The monoisotopic (exact) mass is 394 g/mol. The maximum atomic E-state index is 13.5. The molecule has 21 heavy (non-hydrogen) atoms. The van der Waals surface area contributed by atoms with E-state index in [1.54, 1.807) is 0 Å². The van der Waals surface area contributed by atoms with Crippen LogP contribution in [0, 0.1) is 5.82 Å². The van der Waals surface area contributed by atoms with E-state index in [0.29, 0.717) is 11.0 Å². The molecule has 0 aliphatic heterocycles. The maximum absolute atomic E-state index is 13.5. The van der Waals surface area contributed by atoms with Gasteiger partial charge in [-0.3, -0.25) is 0 Å². The molecule has 1 N–H and O–H groups in total. The molecule has 0 radical (unpaired) electrons. The van der Waals surface area contributed by atoms with Gasteiger partial charge in [0.15, 0.2) is 0 Å². The minimum atomic E-state index is -0.612. The van der Waals surface area contributed by atoms with Crippen LogP contribution >= 0.6 is 39.1 Å². The highest BCUT2D eigenvalue weighted by atomic mass is 79.9. The van der Waals surface area contributed by atoms with E-state index in [4.69, 9.17) is 27.9 Å². The van der Waals surface area contributed by atoms with E-state index in [2.05, 4.69) is 36.2 Å². The second-order valence-electron chi connectivity index (χ2n) is 3.94. The first kappa shape index (κ1) is 16.2. The van der Waals surface area contributed by atoms with Crippen molar-refractivity contribution < 1.29 is 9.13 Å². The predicted molar refractivity (Wildman–Crippen MR) is 82.8 cm³/mol. The molecule has 0 saturated carbocycles. The Bertz CT molecular complexity index is 659. The van der Waals surface area contributed by atoms with Gasteiger partial charge in [0.05, 0.1) is 9.50 Å². The van der Waals surface area contributed by atoms with Crippen molar-refractivity contribution in [3.05, 3.63) is 32.7 Å². The zero-order valence-corrected chi connectivity index (χ0v) is 13.9. The average molecular weight is 396 g/mol. The Hall–Kier alpha value is -1.18. The van der Waals surface area contributed by atoms with Gasteiger partial charge in [0.25, 0.3) is 0 Å². The number of nitrogens with zero attached hydrogens (tertiary/aromatic N) is 3. The zero-order chi connectivity index (χ0) is 15.4. The van der Waals surface area contributed by atoms with Crippen molar-refractivity contribution in [3.8, 4) is 11.8 Å². The summed E-state index contributed by atoms with van der Waals surface area (Å²) in [4.78, 5) is 11.8. The van der Waals surface area contributed by atoms with Gasteiger partial charge < -0.3 is 10.1 Å². The second-order valence-corrected chi connectivity index (χ2v) is 5.54. The van der Waals surface area contributed by atoms with E-state index < -0.39 is 5.82 Å². The van der Waals surface area contributed by atoms with Gasteiger partial charge in [-0.25, -0.2) is 4.39 Å². The molecule has 1 aromatic carbocycles. The third-order valence-corrected chi connectivity index (χ3v) is 3.38. The quantitative estimate of drug-likeness (QED) is 0.744. The van der Waals surface area contributed by atoms with E-state index in [-0.39, 0.29) is 28.0 Å². The van der Waals surface area contributed by atoms with Crippen molar-refractivity contribution in [2.24, 2.45) is 0 Å². The first-order valence-electron chi connectivity index (χ1n) is 5.97. The first-order valence-corrected chi connectivity index (χ1v) is 7.52. The first-order chi connectivity index (χ1) is 9.99. The van der Waals surface area contributed by atoms with Gasteiger partial charge in [0, 0.05) is 12.6 Å². The largest absolute Gasteiger partial charge is 0.423 e. The zero-order valence-electron chi connectivity index (χ0n) is 10.8. The van der Waals surface area contributed by atoms with Crippen molar-refractivity contribution in [2.45, 2.75) is 13.3 Å². The summed E-state index contributed by atoms with van der Waals surface area (Å²) in [6.07, 6.45) is 0.896. The number of hydrogen-bond acceptors (Lipinski definition) is 5. The Morgan fingerprint density at radius 2 is 2.05 bits per heavy atom. The third-order valence-electron chi connectivity index (χ3n) is 2.30. The SMILES string of the molecule is CCCNc1nc(Cl)nc(Oc2cc(F)c(Cl)cc2Br)n1. The molecule has 9 heteroatoms. The van der Waals surface area contributed by atoms with Crippen molar-refractivity contribution >= 4 is 45.1 Å². The van der Waals surface area contributed by atoms with Crippen LogP contribution in [0.25, 0.3) is 0 Å². The number of halogens is 4. The fraction of sp³-hybridized carbons (Fsp3) is 0.250. The van der Waals surface area contributed by atoms with Crippen LogP contribution in [0.4, 0.5) is 10.3 Å². The third kappa shape index (κ3) is 4.39. The summed E-state index contributed by atoms with van der Waals surface area (Å²) >= 11 is 14.7. The highest BCUT2D eigenvalue weighted by Gasteiger charge is 2.12. The Kier molecular flexibility index (Phi) is 5.55. The Morgan fingerprint density at radius 1 is 1.29 bits per heavy atom. The van der Waals surface area contributed by atoms with E-state index in [1.807, 2.05) is 6.92 Å². The molecule has 0 spiro atoms. The van der Waals surface area contributed by atoms with Crippen molar-refractivity contribution in [1.29, 1.82) is 0 Å². The lowest BCUT2D eigenvalue weighted by molar-refractivity contribution is 0.434. The average Bonchev–Trinajstić information content (AvgIpc) is 2.42. The van der Waals surface area contributed by atoms with Gasteiger partial charge in [-0.1, -0.05) is 18.5 Å². The highest BCUT2D eigenvalue weighted by Crippen LogP contribution is 2.33. The molecular weight excluding hydrogens is 386 g/mol. The van der Waals surface area contributed by atoms with Gasteiger partial charge in [0.2, 0.25) is 11.2 Å². The molecular formula is C12H10BrCl2FN4O. The van der Waals surface area contributed by atoms with Crippen LogP contribution in [0.2, 0.25) is 10.3 Å². The molecule has 1 heterocycles. The number of aromatic nitrogens is 3. The lowest BCUT2D eigenvalue weighted by atomic mass is 10.3. The van der Waals surface area contributed by atoms with Gasteiger partial charge in [-0.05, 0) is 40.0 Å². The normalized spacial score (nSPS) is 10.5. The molecule has 0 atom stereocenters. The fourth-order valence-corrected chi connectivity index (χ4v) is 2.25. The van der Waals surface area contributed by atoms with Gasteiger partial charge in [0.1, 0.15) is 11.6 Å². The second kappa shape index (κ2) is 7.20. The number of rotatable bonds is 5. The topological polar surface area (TPSA) is 59.9 Å². The van der Waals surface area contributed by atoms with Crippen molar-refractivity contribution in [3.63, 3.8) is 0 Å². The summed E-state index contributed by atoms with van der Waals surface area (Å²) in [5.41, 5.74) is 0. The highest BCUT2D eigenvalue weighted by molar-refractivity contribution is 9.10. The molecule has 0 amide bonds.